The van der Waals surface area contributed by atoms with Crippen LogP contribution >= 0.6 is 0 Å². The number of primary amides is 1. The van der Waals surface area contributed by atoms with Crippen LogP contribution in [0, 0.1) is 11.2 Å². The molecule has 0 spiro atoms. The van der Waals surface area contributed by atoms with Gasteiger partial charge in [-0.1, -0.05) is 24.3 Å². The molecule has 5 rings (SSSR count). The Bertz CT molecular complexity index is 1330. The number of ether oxygens (including phenoxy) is 1. The molecule has 0 radical (unpaired) electrons. The lowest BCUT2D eigenvalue weighted by atomic mass is 9.96. The molecule has 0 atom stereocenters. The summed E-state index contributed by atoms with van der Waals surface area (Å²) >= 11 is 0. The highest BCUT2D eigenvalue weighted by Gasteiger charge is 2.29. The summed E-state index contributed by atoms with van der Waals surface area (Å²) in [5, 5.41) is 11.9. The summed E-state index contributed by atoms with van der Waals surface area (Å²) in [7, 11) is 0. The number of rotatable bonds is 9. The van der Waals surface area contributed by atoms with Crippen molar-refractivity contribution in [2.75, 3.05) is 58.9 Å². The maximum Gasteiger partial charge on any atom is 0.256 e. The minimum Gasteiger partial charge on any atom is -0.375 e. The van der Waals surface area contributed by atoms with Crippen molar-refractivity contribution >= 4 is 23.4 Å². The SMILES string of the molecule is N=C(Cc1ccc(F)c(C(=O)N2CCN(C(=O)CN3CCC(OC4CCNCC4)CC3)CC2)c1)c1ccccc1C(N)=O. The van der Waals surface area contributed by atoms with Crippen LogP contribution in [0.4, 0.5) is 4.39 Å². The lowest BCUT2D eigenvalue weighted by molar-refractivity contribution is -0.135. The Morgan fingerprint density at radius 3 is 2.16 bits per heavy atom. The van der Waals surface area contributed by atoms with Gasteiger partial charge in [-0.2, -0.15) is 0 Å². The number of carbonyl (C=O) groups is 3. The molecule has 3 heterocycles. The minimum absolute atomic E-state index is 0.0488. The Morgan fingerprint density at radius 2 is 1.49 bits per heavy atom. The van der Waals surface area contributed by atoms with E-state index in [1.165, 1.54) is 18.2 Å². The normalized spacial score (nSPS) is 18.9. The number of piperidine rings is 2. The van der Waals surface area contributed by atoms with Crippen molar-refractivity contribution in [2.24, 2.45) is 5.73 Å². The van der Waals surface area contributed by atoms with Gasteiger partial charge in [0, 0.05) is 62.5 Å². The molecular formula is C32H41FN6O4. The number of carbonyl (C=O) groups excluding carboxylic acids is 3. The van der Waals surface area contributed by atoms with Crippen LogP contribution in [0.25, 0.3) is 0 Å². The molecule has 3 saturated heterocycles. The van der Waals surface area contributed by atoms with Crippen molar-refractivity contribution in [1.29, 1.82) is 5.41 Å². The number of hydrogen-bond donors (Lipinski definition) is 3. The van der Waals surface area contributed by atoms with E-state index in [-0.39, 0.29) is 35.3 Å². The van der Waals surface area contributed by atoms with Crippen molar-refractivity contribution in [2.45, 2.75) is 44.3 Å². The summed E-state index contributed by atoms with van der Waals surface area (Å²) in [6, 6.07) is 10.8. The van der Waals surface area contributed by atoms with Gasteiger partial charge >= 0.3 is 0 Å². The highest BCUT2D eigenvalue weighted by Crippen LogP contribution is 2.21. The van der Waals surface area contributed by atoms with Crippen molar-refractivity contribution in [3.05, 3.63) is 70.5 Å². The quantitative estimate of drug-likeness (QED) is 0.382. The number of nitrogens with one attached hydrogen (secondary N) is 2. The van der Waals surface area contributed by atoms with Crippen LogP contribution < -0.4 is 11.1 Å². The maximum atomic E-state index is 14.8. The van der Waals surface area contributed by atoms with Crippen LogP contribution in [0.3, 0.4) is 0 Å². The van der Waals surface area contributed by atoms with Gasteiger partial charge in [-0.05, 0) is 62.5 Å². The van der Waals surface area contributed by atoms with Gasteiger partial charge in [0.2, 0.25) is 11.8 Å². The van der Waals surface area contributed by atoms with E-state index in [9.17, 15) is 18.8 Å². The zero-order chi connectivity index (χ0) is 30.3. The first-order valence-corrected chi connectivity index (χ1v) is 15.2. The predicted molar refractivity (Wildman–Crippen MR) is 161 cm³/mol. The van der Waals surface area contributed by atoms with Gasteiger partial charge in [0.15, 0.2) is 0 Å². The van der Waals surface area contributed by atoms with E-state index in [0.717, 1.165) is 51.9 Å². The molecule has 2 aromatic carbocycles. The van der Waals surface area contributed by atoms with Gasteiger partial charge in [0.1, 0.15) is 5.82 Å². The van der Waals surface area contributed by atoms with Crippen molar-refractivity contribution in [3.63, 3.8) is 0 Å². The van der Waals surface area contributed by atoms with E-state index >= 15 is 0 Å². The third-order valence-electron chi connectivity index (χ3n) is 8.64. The molecule has 3 aliphatic heterocycles. The number of benzene rings is 2. The molecule has 3 aliphatic rings. The highest BCUT2D eigenvalue weighted by atomic mass is 19.1. The highest BCUT2D eigenvalue weighted by molar-refractivity contribution is 6.09. The van der Waals surface area contributed by atoms with E-state index < -0.39 is 17.6 Å². The average molecular weight is 593 g/mol. The summed E-state index contributed by atoms with van der Waals surface area (Å²) in [4.78, 5) is 43.6. The zero-order valence-corrected chi connectivity index (χ0v) is 24.5. The molecule has 43 heavy (non-hydrogen) atoms. The standard InChI is InChI=1S/C32H41FN6O4/c33-28-6-5-22(20-29(34)25-3-1-2-4-26(25)31(35)41)19-27(28)32(42)39-17-15-38(16-18-39)30(40)21-37-13-9-24(10-14-37)43-23-7-11-36-12-8-23/h1-6,19,23-24,34,36H,7-18,20-21H2,(H2,35,41). The van der Waals surface area contributed by atoms with Crippen LogP contribution in [0.1, 0.15) is 57.5 Å². The minimum atomic E-state index is -0.635. The Labute approximate surface area is 251 Å². The zero-order valence-electron chi connectivity index (χ0n) is 24.5. The van der Waals surface area contributed by atoms with Gasteiger partial charge in [-0.3, -0.25) is 19.3 Å². The van der Waals surface area contributed by atoms with Crippen LogP contribution in [0.15, 0.2) is 42.5 Å². The Balaban J connectivity index is 1.10. The second kappa shape index (κ2) is 14.2. The van der Waals surface area contributed by atoms with E-state index in [0.29, 0.717) is 50.0 Å². The van der Waals surface area contributed by atoms with E-state index in [1.807, 2.05) is 0 Å². The smallest absolute Gasteiger partial charge is 0.256 e. The van der Waals surface area contributed by atoms with Gasteiger partial charge in [-0.25, -0.2) is 4.39 Å². The predicted octanol–water partition coefficient (Wildman–Crippen LogP) is 2.05. The molecule has 0 bridgehead atoms. The number of halogens is 1. The number of nitrogens with zero attached hydrogens (tertiary/aromatic N) is 3. The molecule has 230 valence electrons. The number of amides is 3. The van der Waals surface area contributed by atoms with E-state index in [4.69, 9.17) is 15.9 Å². The van der Waals surface area contributed by atoms with E-state index in [1.54, 1.807) is 34.1 Å². The molecular weight excluding hydrogens is 551 g/mol. The van der Waals surface area contributed by atoms with Gasteiger partial charge in [0.25, 0.3) is 5.91 Å². The topological polar surface area (TPSA) is 132 Å². The van der Waals surface area contributed by atoms with Crippen molar-refractivity contribution in [1.82, 2.24) is 20.0 Å². The van der Waals surface area contributed by atoms with Crippen molar-refractivity contribution < 1.29 is 23.5 Å². The first kappa shape index (κ1) is 30.8. The Hall–Kier alpha value is -3.67. The van der Waals surface area contributed by atoms with Gasteiger partial charge in [0.05, 0.1) is 24.3 Å². The third kappa shape index (κ3) is 7.84. The Morgan fingerprint density at radius 1 is 0.860 bits per heavy atom. The molecule has 2 aromatic rings. The molecule has 0 aromatic heterocycles. The first-order valence-electron chi connectivity index (χ1n) is 15.2. The van der Waals surface area contributed by atoms with Crippen LogP contribution in [0.2, 0.25) is 0 Å². The fourth-order valence-corrected chi connectivity index (χ4v) is 6.13. The summed E-state index contributed by atoms with van der Waals surface area (Å²) in [6.45, 7) is 5.49. The molecule has 4 N–H and O–H groups in total. The lowest BCUT2D eigenvalue weighted by Gasteiger charge is -2.38. The summed E-state index contributed by atoms with van der Waals surface area (Å²) in [5.74, 6) is -1.65. The van der Waals surface area contributed by atoms with Gasteiger partial charge < -0.3 is 31.0 Å². The summed E-state index contributed by atoms with van der Waals surface area (Å²) < 4.78 is 21.1. The largest absolute Gasteiger partial charge is 0.375 e. The first-order chi connectivity index (χ1) is 20.8. The van der Waals surface area contributed by atoms with Crippen LogP contribution in [-0.2, 0) is 16.0 Å². The Kier molecular flexibility index (Phi) is 10.2. The molecule has 3 amide bonds. The second-order valence-corrected chi connectivity index (χ2v) is 11.6. The monoisotopic (exact) mass is 592 g/mol. The molecule has 0 saturated carbocycles. The molecule has 11 heteroatoms. The van der Waals surface area contributed by atoms with E-state index in [2.05, 4.69) is 10.2 Å². The molecule has 3 fully saturated rings. The van der Waals surface area contributed by atoms with Crippen LogP contribution in [-0.4, -0.2) is 109 Å². The molecule has 0 unspecified atom stereocenters. The molecule has 0 aliphatic carbocycles. The van der Waals surface area contributed by atoms with Crippen LogP contribution in [0.5, 0.6) is 0 Å². The number of piperazine rings is 1. The fourth-order valence-electron chi connectivity index (χ4n) is 6.13. The number of likely N-dealkylation sites (tertiary alicyclic amines) is 1. The van der Waals surface area contributed by atoms with Crippen molar-refractivity contribution in [3.8, 4) is 0 Å². The average Bonchev–Trinajstić information content (AvgIpc) is 3.03. The second-order valence-electron chi connectivity index (χ2n) is 11.6. The number of nitrogens with two attached hydrogens (primary N) is 1. The fraction of sp³-hybridized carbons (Fsp3) is 0.500. The number of hydrogen-bond acceptors (Lipinski definition) is 7. The lowest BCUT2D eigenvalue weighted by Crippen LogP contribution is -2.53. The van der Waals surface area contributed by atoms with Gasteiger partial charge in [-0.15, -0.1) is 0 Å². The molecule has 10 nitrogen and oxygen atoms in total. The third-order valence-corrected chi connectivity index (χ3v) is 8.64. The summed E-state index contributed by atoms with van der Waals surface area (Å²) in [6.07, 6.45) is 4.69. The maximum absolute atomic E-state index is 14.8. The summed E-state index contributed by atoms with van der Waals surface area (Å²) in [5.41, 5.74) is 6.75.